The van der Waals surface area contributed by atoms with E-state index >= 15 is 0 Å². The van der Waals surface area contributed by atoms with E-state index in [4.69, 9.17) is 5.73 Å². The molecule has 0 unspecified atom stereocenters. The Morgan fingerprint density at radius 3 is 2.24 bits per heavy atom. The van der Waals surface area contributed by atoms with E-state index in [0.717, 1.165) is 4.57 Å². The van der Waals surface area contributed by atoms with E-state index in [2.05, 4.69) is 10.2 Å². The van der Waals surface area contributed by atoms with E-state index < -0.39 is 51.5 Å². The molecule has 38 heavy (non-hydrogen) atoms. The van der Waals surface area contributed by atoms with E-state index in [1.807, 2.05) is 0 Å². The van der Waals surface area contributed by atoms with Gasteiger partial charge in [0.2, 0.25) is 11.7 Å². The van der Waals surface area contributed by atoms with Gasteiger partial charge in [-0.15, -0.1) is 10.2 Å². The zero-order valence-electron chi connectivity index (χ0n) is 19.3. The summed E-state index contributed by atoms with van der Waals surface area (Å²) in [6, 6.07) is 7.37. The van der Waals surface area contributed by atoms with Gasteiger partial charge in [0.1, 0.15) is 15.9 Å². The zero-order valence-corrected chi connectivity index (χ0v) is 20.1. The Balaban J connectivity index is 0.000000336. The molecule has 2 heterocycles. The van der Waals surface area contributed by atoms with E-state index in [0.29, 0.717) is 12.1 Å². The van der Waals surface area contributed by atoms with Crippen molar-refractivity contribution in [2.45, 2.75) is 43.0 Å². The number of alkyl halides is 3. The average Bonchev–Trinajstić information content (AvgIpc) is 3.27. The standard InChI is InChI=1S/C16H15F6N5O.C6H6O3S/c17-10-6-12(19)11(18)4-8(10)3-9(23)5-14(28)26-1-2-27-13(7-26)24-25-15(27)16(20,21)22;7-10(8,9)6-4-2-1-3-5-6/h4,6,9H,1-3,5,7,23H2;1-5H,(H,7,8,9)/p-1/t9-;/m1./s1. The second kappa shape index (κ2) is 11.5. The van der Waals surface area contributed by atoms with Gasteiger partial charge in [0.05, 0.1) is 11.4 Å². The fourth-order valence-corrected chi connectivity index (χ4v) is 4.09. The van der Waals surface area contributed by atoms with Crippen molar-refractivity contribution in [1.29, 1.82) is 0 Å². The van der Waals surface area contributed by atoms with E-state index in [1.165, 1.54) is 29.2 Å². The molecule has 2 N–H and O–H groups in total. The highest BCUT2D eigenvalue weighted by molar-refractivity contribution is 7.85. The molecule has 0 bridgehead atoms. The lowest BCUT2D eigenvalue weighted by molar-refractivity contribution is -0.148. The molecule has 4 rings (SSSR count). The number of rotatable bonds is 5. The van der Waals surface area contributed by atoms with Gasteiger partial charge in [-0.1, -0.05) is 18.2 Å². The molecule has 9 nitrogen and oxygen atoms in total. The highest BCUT2D eigenvalue weighted by atomic mass is 32.2. The highest BCUT2D eigenvalue weighted by Gasteiger charge is 2.40. The molecule has 1 atom stereocenters. The Bertz CT molecular complexity index is 1400. The predicted octanol–water partition coefficient (Wildman–Crippen LogP) is 2.61. The number of carbonyl (C=O) groups is 1. The summed E-state index contributed by atoms with van der Waals surface area (Å²) in [6.07, 6.45) is -5.11. The van der Waals surface area contributed by atoms with Crippen molar-refractivity contribution in [3.63, 3.8) is 0 Å². The van der Waals surface area contributed by atoms with E-state index in [1.54, 1.807) is 6.07 Å². The molecule has 206 valence electrons. The van der Waals surface area contributed by atoms with Crippen molar-refractivity contribution in [2.24, 2.45) is 5.73 Å². The topological polar surface area (TPSA) is 134 Å². The lowest BCUT2D eigenvalue weighted by Gasteiger charge is -2.29. The quantitative estimate of drug-likeness (QED) is 0.286. The van der Waals surface area contributed by atoms with Gasteiger partial charge in [0.25, 0.3) is 0 Å². The van der Waals surface area contributed by atoms with Crippen LogP contribution in [-0.2, 0) is 40.6 Å². The van der Waals surface area contributed by atoms with Crippen molar-refractivity contribution in [1.82, 2.24) is 19.7 Å². The molecule has 0 aliphatic carbocycles. The number of nitrogens with two attached hydrogens (primary N) is 1. The van der Waals surface area contributed by atoms with Gasteiger partial charge >= 0.3 is 6.18 Å². The van der Waals surface area contributed by atoms with Crippen molar-refractivity contribution >= 4 is 16.0 Å². The van der Waals surface area contributed by atoms with Gasteiger partial charge in [-0.2, -0.15) is 13.2 Å². The number of fused-ring (bicyclic) bond motifs is 1. The Morgan fingerprint density at radius 1 is 1.03 bits per heavy atom. The fourth-order valence-electron chi connectivity index (χ4n) is 3.60. The molecule has 3 aromatic rings. The molecular weight excluding hydrogens is 544 g/mol. The number of nitrogens with zero attached hydrogens (tertiary/aromatic N) is 4. The minimum Gasteiger partial charge on any atom is -0.744 e. The Hall–Kier alpha value is -3.50. The third-order valence-corrected chi connectivity index (χ3v) is 6.25. The molecule has 1 aromatic heterocycles. The van der Waals surface area contributed by atoms with E-state index in [9.17, 15) is 44.1 Å². The fraction of sp³-hybridized carbons (Fsp3) is 0.318. The van der Waals surface area contributed by atoms with Crippen molar-refractivity contribution < 1.29 is 44.1 Å². The lowest BCUT2D eigenvalue weighted by atomic mass is 10.0. The second-order valence-electron chi connectivity index (χ2n) is 8.20. The van der Waals surface area contributed by atoms with Crippen LogP contribution in [0.2, 0.25) is 0 Å². The maximum atomic E-state index is 13.7. The van der Waals surface area contributed by atoms with Gasteiger partial charge in [0.15, 0.2) is 17.5 Å². The third kappa shape index (κ3) is 7.29. The van der Waals surface area contributed by atoms with E-state index in [-0.39, 0.29) is 48.8 Å². The lowest BCUT2D eigenvalue weighted by Crippen LogP contribution is -2.42. The molecule has 1 amide bonds. The second-order valence-corrected chi connectivity index (χ2v) is 9.58. The summed E-state index contributed by atoms with van der Waals surface area (Å²) >= 11 is 0. The monoisotopic (exact) mass is 564 g/mol. The van der Waals surface area contributed by atoms with Gasteiger partial charge in [-0.3, -0.25) is 4.79 Å². The molecular formula is C22H20F6N5O4S-. The molecule has 0 saturated carbocycles. The third-order valence-electron chi connectivity index (χ3n) is 5.40. The summed E-state index contributed by atoms with van der Waals surface area (Å²) < 4.78 is 110. The summed E-state index contributed by atoms with van der Waals surface area (Å²) in [6.45, 7) is -0.302. The first-order valence-electron chi connectivity index (χ1n) is 10.8. The minimum absolute atomic E-state index is 0.000783. The molecule has 0 spiro atoms. The van der Waals surface area contributed by atoms with Crippen molar-refractivity contribution in [3.05, 3.63) is 77.1 Å². The zero-order chi connectivity index (χ0) is 28.3. The van der Waals surface area contributed by atoms with Crippen LogP contribution < -0.4 is 5.73 Å². The van der Waals surface area contributed by atoms with Crippen LogP contribution in [0, 0.1) is 17.5 Å². The van der Waals surface area contributed by atoms with Crippen LogP contribution in [0.15, 0.2) is 47.4 Å². The van der Waals surface area contributed by atoms with Crippen molar-refractivity contribution in [3.8, 4) is 0 Å². The Morgan fingerprint density at radius 2 is 1.66 bits per heavy atom. The number of amides is 1. The summed E-state index contributed by atoms with van der Waals surface area (Å²) in [7, 11) is -4.25. The summed E-state index contributed by atoms with van der Waals surface area (Å²) in [5.41, 5.74) is 5.64. The van der Waals surface area contributed by atoms with Gasteiger partial charge in [0, 0.05) is 31.6 Å². The van der Waals surface area contributed by atoms with Gasteiger partial charge in [-0.05, 0) is 30.2 Å². The SMILES string of the molecule is N[C@@H](CC(=O)N1CCn2c(nnc2C(F)(F)F)C1)Cc1cc(F)c(F)cc1F.O=S(=O)([O-])c1ccccc1. The van der Waals surface area contributed by atoms with Gasteiger partial charge in [-0.25, -0.2) is 21.6 Å². The van der Waals surface area contributed by atoms with Crippen LogP contribution in [0.5, 0.6) is 0 Å². The first-order valence-corrected chi connectivity index (χ1v) is 12.2. The Kier molecular flexibility index (Phi) is 8.79. The predicted molar refractivity (Wildman–Crippen MR) is 117 cm³/mol. The normalized spacial score (nSPS) is 14.4. The first kappa shape index (κ1) is 29.1. The summed E-state index contributed by atoms with van der Waals surface area (Å²) in [4.78, 5) is 13.4. The molecule has 2 aromatic carbocycles. The summed E-state index contributed by atoms with van der Waals surface area (Å²) in [5, 5.41) is 6.60. The number of hydrogen-bond acceptors (Lipinski definition) is 7. The maximum absolute atomic E-state index is 13.7. The number of aromatic nitrogens is 3. The number of benzene rings is 2. The number of carbonyl (C=O) groups excluding carboxylic acids is 1. The molecule has 16 heteroatoms. The smallest absolute Gasteiger partial charge is 0.451 e. The molecule has 1 aliphatic rings. The summed E-state index contributed by atoms with van der Waals surface area (Å²) in [5.74, 6) is -5.15. The highest BCUT2D eigenvalue weighted by Crippen LogP contribution is 2.29. The maximum Gasteiger partial charge on any atom is 0.451 e. The molecule has 0 fully saturated rings. The first-order chi connectivity index (χ1) is 17.7. The van der Waals surface area contributed by atoms with Crippen LogP contribution in [-0.4, -0.2) is 51.1 Å². The van der Waals surface area contributed by atoms with Gasteiger partial charge < -0.3 is 19.8 Å². The number of halogens is 6. The minimum atomic E-state index is -4.64. The van der Waals surface area contributed by atoms with Crippen LogP contribution in [0.3, 0.4) is 0 Å². The largest absolute Gasteiger partial charge is 0.744 e. The van der Waals surface area contributed by atoms with Crippen LogP contribution in [0.25, 0.3) is 0 Å². The molecule has 1 aliphatic heterocycles. The molecule has 0 saturated heterocycles. The number of hydrogen-bond donors (Lipinski definition) is 1. The van der Waals surface area contributed by atoms with Crippen LogP contribution in [0.4, 0.5) is 26.3 Å². The average molecular weight is 564 g/mol. The molecule has 0 radical (unpaired) electrons. The van der Waals surface area contributed by atoms with Crippen molar-refractivity contribution in [2.75, 3.05) is 6.54 Å². The van der Waals surface area contributed by atoms with Crippen LogP contribution in [0.1, 0.15) is 23.6 Å². The van der Waals surface area contributed by atoms with Crippen LogP contribution >= 0.6 is 0 Å². The Labute approximate surface area is 212 Å².